The van der Waals surface area contributed by atoms with Crippen LogP contribution in [0.1, 0.15) is 43.7 Å². The van der Waals surface area contributed by atoms with Crippen LogP contribution >= 0.6 is 22.9 Å². The maximum absolute atomic E-state index is 12.4. The predicted molar refractivity (Wildman–Crippen MR) is 108 cm³/mol. The van der Waals surface area contributed by atoms with Crippen molar-refractivity contribution in [2.75, 3.05) is 11.9 Å². The Labute approximate surface area is 171 Å². The molecule has 0 unspecified atom stereocenters. The Balaban J connectivity index is 1.54. The lowest BCUT2D eigenvalue weighted by molar-refractivity contribution is 0.0955. The molecular formula is C19H19ClN4O3S. The standard InChI is InChI=1S/C19H19ClN4O3S/c1-11-10-16(23-18(25)13-6-3-4-7-14(13)20)28-17(11)19(26)21-9-5-8-15-22-12(2)24-27-15/h3-4,6-7,10H,5,8-9H2,1-2H3,(H,21,26)(H,23,25). The fraction of sp³-hybridized carbons (Fsp3) is 0.263. The van der Waals surface area contributed by atoms with Gasteiger partial charge in [-0.3, -0.25) is 9.59 Å². The summed E-state index contributed by atoms with van der Waals surface area (Å²) in [5, 5.41) is 10.4. The Bertz CT molecular complexity index is 999. The molecular weight excluding hydrogens is 400 g/mol. The SMILES string of the molecule is Cc1noc(CCCNC(=O)c2sc(NC(=O)c3ccccc3Cl)cc2C)n1. The summed E-state index contributed by atoms with van der Waals surface area (Å²) < 4.78 is 5.04. The Morgan fingerprint density at radius 1 is 1.21 bits per heavy atom. The summed E-state index contributed by atoms with van der Waals surface area (Å²) in [6.07, 6.45) is 1.29. The minimum absolute atomic E-state index is 0.178. The van der Waals surface area contributed by atoms with Crippen LogP contribution in [0.2, 0.25) is 5.02 Å². The molecule has 1 aromatic carbocycles. The second-order valence-corrected chi connectivity index (χ2v) is 7.61. The van der Waals surface area contributed by atoms with Crippen molar-refractivity contribution in [3.05, 3.63) is 63.1 Å². The quantitative estimate of drug-likeness (QED) is 0.565. The number of aromatic nitrogens is 2. The van der Waals surface area contributed by atoms with Crippen molar-refractivity contribution >= 4 is 39.8 Å². The Morgan fingerprint density at radius 2 is 2.00 bits per heavy atom. The van der Waals surface area contributed by atoms with E-state index in [1.807, 2.05) is 6.92 Å². The third kappa shape index (κ3) is 4.96. The van der Waals surface area contributed by atoms with Crippen molar-refractivity contribution in [3.8, 4) is 0 Å². The normalized spacial score (nSPS) is 10.7. The highest BCUT2D eigenvalue weighted by Gasteiger charge is 2.16. The summed E-state index contributed by atoms with van der Waals surface area (Å²) in [5.74, 6) is 0.666. The summed E-state index contributed by atoms with van der Waals surface area (Å²) in [4.78, 5) is 29.5. The number of thiophene rings is 1. The second kappa shape index (κ2) is 8.99. The smallest absolute Gasteiger partial charge is 0.261 e. The molecule has 3 rings (SSSR count). The lowest BCUT2D eigenvalue weighted by Gasteiger charge is -2.04. The van der Waals surface area contributed by atoms with Gasteiger partial charge in [-0.15, -0.1) is 11.3 Å². The van der Waals surface area contributed by atoms with Crippen LogP contribution in [-0.4, -0.2) is 28.5 Å². The predicted octanol–water partition coefficient (Wildman–Crippen LogP) is 4.02. The number of carbonyl (C=O) groups excluding carboxylic acids is 2. The summed E-state index contributed by atoms with van der Waals surface area (Å²) in [7, 11) is 0. The van der Waals surface area contributed by atoms with Crippen LogP contribution in [0.3, 0.4) is 0 Å². The molecule has 2 amide bonds. The average Bonchev–Trinajstić information content (AvgIpc) is 3.24. The van der Waals surface area contributed by atoms with Crippen LogP contribution in [0.25, 0.3) is 0 Å². The van der Waals surface area contributed by atoms with Gasteiger partial charge < -0.3 is 15.2 Å². The highest BCUT2D eigenvalue weighted by atomic mass is 35.5. The van der Waals surface area contributed by atoms with Gasteiger partial charge in [0.2, 0.25) is 5.89 Å². The van der Waals surface area contributed by atoms with Crippen molar-refractivity contribution in [1.82, 2.24) is 15.5 Å². The lowest BCUT2D eigenvalue weighted by Crippen LogP contribution is -2.24. The Hall–Kier alpha value is -2.71. The van der Waals surface area contributed by atoms with Crippen LogP contribution in [0.4, 0.5) is 5.00 Å². The average molecular weight is 419 g/mol. The molecule has 2 aromatic heterocycles. The highest BCUT2D eigenvalue weighted by Crippen LogP contribution is 2.27. The monoisotopic (exact) mass is 418 g/mol. The van der Waals surface area contributed by atoms with Gasteiger partial charge >= 0.3 is 0 Å². The van der Waals surface area contributed by atoms with Crippen LogP contribution < -0.4 is 10.6 Å². The summed E-state index contributed by atoms with van der Waals surface area (Å²) in [6, 6.07) is 8.59. The largest absolute Gasteiger partial charge is 0.351 e. The minimum atomic E-state index is -0.311. The number of aryl methyl sites for hydroxylation is 3. The molecule has 146 valence electrons. The summed E-state index contributed by atoms with van der Waals surface area (Å²) in [5.41, 5.74) is 1.18. The van der Waals surface area contributed by atoms with Crippen molar-refractivity contribution in [2.24, 2.45) is 0 Å². The number of hydrogen-bond donors (Lipinski definition) is 2. The van der Waals surface area contributed by atoms with E-state index in [2.05, 4.69) is 20.8 Å². The zero-order valence-corrected chi connectivity index (χ0v) is 17.0. The van der Waals surface area contributed by atoms with E-state index in [9.17, 15) is 9.59 Å². The molecule has 2 heterocycles. The van der Waals surface area contributed by atoms with Gasteiger partial charge in [-0.25, -0.2) is 0 Å². The number of anilines is 1. The molecule has 28 heavy (non-hydrogen) atoms. The molecule has 0 spiro atoms. The van der Waals surface area contributed by atoms with E-state index >= 15 is 0 Å². The molecule has 0 saturated carbocycles. The fourth-order valence-electron chi connectivity index (χ4n) is 2.56. The van der Waals surface area contributed by atoms with Gasteiger partial charge in [-0.2, -0.15) is 4.98 Å². The molecule has 0 fully saturated rings. The van der Waals surface area contributed by atoms with Gasteiger partial charge in [0.25, 0.3) is 11.8 Å². The maximum atomic E-state index is 12.4. The highest BCUT2D eigenvalue weighted by molar-refractivity contribution is 7.18. The molecule has 3 aromatic rings. The first kappa shape index (κ1) is 20.0. The molecule has 0 radical (unpaired) electrons. The van der Waals surface area contributed by atoms with Crippen LogP contribution in [0.5, 0.6) is 0 Å². The van der Waals surface area contributed by atoms with Crippen molar-refractivity contribution < 1.29 is 14.1 Å². The number of halogens is 1. The lowest BCUT2D eigenvalue weighted by atomic mass is 10.2. The molecule has 0 saturated heterocycles. The number of carbonyl (C=O) groups is 2. The van der Waals surface area contributed by atoms with Gasteiger partial charge in [0.05, 0.1) is 20.5 Å². The van der Waals surface area contributed by atoms with Crippen LogP contribution in [-0.2, 0) is 6.42 Å². The van der Waals surface area contributed by atoms with Gasteiger partial charge in [0, 0.05) is 13.0 Å². The topological polar surface area (TPSA) is 97.1 Å². The van der Waals surface area contributed by atoms with Crippen LogP contribution in [0, 0.1) is 13.8 Å². The second-order valence-electron chi connectivity index (χ2n) is 6.15. The van der Waals surface area contributed by atoms with Gasteiger partial charge in [0.1, 0.15) is 0 Å². The van der Waals surface area contributed by atoms with Crippen LogP contribution in [0.15, 0.2) is 34.9 Å². The van der Waals surface area contributed by atoms with E-state index in [0.717, 1.165) is 5.56 Å². The number of benzene rings is 1. The first-order valence-electron chi connectivity index (χ1n) is 8.67. The number of nitrogens with zero attached hydrogens (tertiary/aromatic N) is 2. The Kier molecular flexibility index (Phi) is 6.43. The molecule has 2 N–H and O–H groups in total. The summed E-state index contributed by atoms with van der Waals surface area (Å²) in [6.45, 7) is 4.08. The molecule has 0 aliphatic rings. The first-order chi connectivity index (χ1) is 13.4. The fourth-order valence-corrected chi connectivity index (χ4v) is 3.76. The Morgan fingerprint density at radius 3 is 2.71 bits per heavy atom. The molecule has 0 aliphatic carbocycles. The van der Waals surface area contributed by atoms with E-state index in [4.69, 9.17) is 16.1 Å². The number of nitrogens with one attached hydrogen (secondary N) is 2. The van der Waals surface area contributed by atoms with E-state index < -0.39 is 0 Å². The van der Waals surface area contributed by atoms with Crippen molar-refractivity contribution in [2.45, 2.75) is 26.7 Å². The molecule has 0 atom stereocenters. The van der Waals surface area contributed by atoms with E-state index in [1.165, 1.54) is 11.3 Å². The number of amides is 2. The van der Waals surface area contributed by atoms with E-state index in [0.29, 0.717) is 51.6 Å². The zero-order valence-electron chi connectivity index (χ0n) is 15.4. The molecule has 7 nitrogen and oxygen atoms in total. The van der Waals surface area contributed by atoms with E-state index in [-0.39, 0.29) is 11.8 Å². The molecule has 0 aliphatic heterocycles. The minimum Gasteiger partial charge on any atom is -0.351 e. The van der Waals surface area contributed by atoms with Crippen molar-refractivity contribution in [1.29, 1.82) is 0 Å². The first-order valence-corrected chi connectivity index (χ1v) is 9.87. The van der Waals surface area contributed by atoms with Gasteiger partial charge in [-0.1, -0.05) is 28.9 Å². The molecule has 9 heteroatoms. The molecule has 0 bridgehead atoms. The van der Waals surface area contributed by atoms with Crippen molar-refractivity contribution in [3.63, 3.8) is 0 Å². The van der Waals surface area contributed by atoms with Gasteiger partial charge in [0.15, 0.2) is 5.82 Å². The third-order valence-electron chi connectivity index (χ3n) is 3.90. The number of hydrogen-bond acceptors (Lipinski definition) is 6. The third-order valence-corrected chi connectivity index (χ3v) is 5.38. The number of rotatable bonds is 7. The zero-order chi connectivity index (χ0) is 20.1. The van der Waals surface area contributed by atoms with E-state index in [1.54, 1.807) is 37.3 Å². The maximum Gasteiger partial charge on any atom is 0.261 e. The summed E-state index contributed by atoms with van der Waals surface area (Å²) >= 11 is 7.28. The van der Waals surface area contributed by atoms with Gasteiger partial charge in [-0.05, 0) is 44.0 Å².